The molecule has 98 valence electrons. The number of fused-ring (bicyclic) bond motifs is 1. The van der Waals surface area contributed by atoms with Crippen LogP contribution in [0, 0.1) is 5.92 Å². The predicted molar refractivity (Wildman–Crippen MR) is 70.6 cm³/mol. The molecule has 1 aromatic carbocycles. The third-order valence-electron chi connectivity index (χ3n) is 3.50. The van der Waals surface area contributed by atoms with Crippen molar-refractivity contribution < 1.29 is 9.90 Å². The van der Waals surface area contributed by atoms with Gasteiger partial charge in [-0.05, 0) is 18.6 Å². The summed E-state index contributed by atoms with van der Waals surface area (Å²) in [6, 6.07) is 7.49. The number of hydrogen-bond donors (Lipinski definition) is 1. The number of likely N-dealkylation sites (tertiary alicyclic amines) is 1. The van der Waals surface area contributed by atoms with E-state index in [1.54, 1.807) is 4.90 Å². The van der Waals surface area contributed by atoms with Crippen LogP contribution in [-0.4, -0.2) is 45.6 Å². The first kappa shape index (κ1) is 12.0. The van der Waals surface area contributed by atoms with Crippen LogP contribution in [0.1, 0.15) is 16.9 Å². The fourth-order valence-corrected chi connectivity index (χ4v) is 2.39. The Morgan fingerprint density at radius 2 is 2.16 bits per heavy atom. The zero-order valence-electron chi connectivity index (χ0n) is 10.5. The molecule has 1 aromatic heterocycles. The Labute approximate surface area is 110 Å². The van der Waals surface area contributed by atoms with Crippen LogP contribution in [-0.2, 0) is 0 Å². The van der Waals surface area contributed by atoms with E-state index in [0.29, 0.717) is 18.8 Å². The molecule has 1 N–H and O–H groups in total. The fourth-order valence-electron chi connectivity index (χ4n) is 2.39. The van der Waals surface area contributed by atoms with E-state index in [0.717, 1.165) is 17.5 Å². The summed E-state index contributed by atoms with van der Waals surface area (Å²) in [5, 5.41) is 9.11. The fraction of sp³-hybridized carbons (Fsp3) is 0.357. The van der Waals surface area contributed by atoms with Crippen molar-refractivity contribution in [3.05, 3.63) is 36.2 Å². The average molecular weight is 257 g/mol. The average Bonchev–Trinajstić information content (AvgIpc) is 2.95. The predicted octanol–water partition coefficient (Wildman–Crippen LogP) is 1.08. The van der Waals surface area contributed by atoms with Gasteiger partial charge in [-0.2, -0.15) is 0 Å². The van der Waals surface area contributed by atoms with Crippen LogP contribution in [0.25, 0.3) is 11.0 Å². The van der Waals surface area contributed by atoms with Crippen LogP contribution in [0.4, 0.5) is 0 Å². The van der Waals surface area contributed by atoms with Crippen molar-refractivity contribution in [1.82, 2.24) is 14.9 Å². The molecule has 2 heterocycles. The van der Waals surface area contributed by atoms with Crippen LogP contribution in [0.2, 0.25) is 0 Å². The Balaban J connectivity index is 1.85. The number of aliphatic hydroxyl groups is 1. The smallest absolute Gasteiger partial charge is 0.274 e. The van der Waals surface area contributed by atoms with E-state index in [9.17, 15) is 4.79 Å². The molecule has 19 heavy (non-hydrogen) atoms. The van der Waals surface area contributed by atoms with Gasteiger partial charge in [0, 0.05) is 25.6 Å². The van der Waals surface area contributed by atoms with E-state index < -0.39 is 0 Å². The van der Waals surface area contributed by atoms with E-state index in [1.165, 1.54) is 6.20 Å². The van der Waals surface area contributed by atoms with Crippen LogP contribution in [0.3, 0.4) is 0 Å². The van der Waals surface area contributed by atoms with E-state index in [1.807, 2.05) is 24.3 Å². The van der Waals surface area contributed by atoms with Gasteiger partial charge in [-0.3, -0.25) is 9.78 Å². The second-order valence-corrected chi connectivity index (χ2v) is 4.83. The number of carbonyl (C=O) groups excluding carboxylic acids is 1. The van der Waals surface area contributed by atoms with Gasteiger partial charge in [-0.15, -0.1) is 0 Å². The topological polar surface area (TPSA) is 66.3 Å². The molecule has 2 aromatic rings. The molecule has 1 atom stereocenters. The summed E-state index contributed by atoms with van der Waals surface area (Å²) in [7, 11) is 0. The number of aliphatic hydroxyl groups excluding tert-OH is 1. The van der Waals surface area contributed by atoms with Crippen molar-refractivity contribution in [1.29, 1.82) is 0 Å². The van der Waals surface area contributed by atoms with Gasteiger partial charge in [0.2, 0.25) is 0 Å². The molecule has 1 unspecified atom stereocenters. The van der Waals surface area contributed by atoms with Crippen LogP contribution >= 0.6 is 0 Å². The van der Waals surface area contributed by atoms with Gasteiger partial charge in [0.25, 0.3) is 5.91 Å². The number of aromatic nitrogens is 2. The second-order valence-electron chi connectivity index (χ2n) is 4.83. The van der Waals surface area contributed by atoms with E-state index in [4.69, 9.17) is 5.11 Å². The Hall–Kier alpha value is -2.01. The molecule has 0 radical (unpaired) electrons. The van der Waals surface area contributed by atoms with Crippen LogP contribution in [0.5, 0.6) is 0 Å². The third kappa shape index (κ3) is 2.29. The number of benzene rings is 1. The number of rotatable bonds is 2. The van der Waals surface area contributed by atoms with Gasteiger partial charge < -0.3 is 10.0 Å². The molecule has 5 nitrogen and oxygen atoms in total. The quantitative estimate of drug-likeness (QED) is 0.874. The van der Waals surface area contributed by atoms with Crippen molar-refractivity contribution in [2.75, 3.05) is 19.7 Å². The monoisotopic (exact) mass is 257 g/mol. The summed E-state index contributed by atoms with van der Waals surface area (Å²) in [6.45, 7) is 1.41. The summed E-state index contributed by atoms with van der Waals surface area (Å²) in [5.41, 5.74) is 1.89. The molecular formula is C14H15N3O2. The van der Waals surface area contributed by atoms with E-state index in [-0.39, 0.29) is 18.4 Å². The first-order chi connectivity index (χ1) is 9.28. The summed E-state index contributed by atoms with van der Waals surface area (Å²) < 4.78 is 0. The van der Waals surface area contributed by atoms with Crippen molar-refractivity contribution in [3.8, 4) is 0 Å². The standard InChI is InChI=1S/C14H15N3O2/c18-9-10-5-6-17(8-10)14(19)13-7-15-11-3-1-2-4-12(11)16-13/h1-4,7,10,18H,5-6,8-9H2. The molecule has 0 saturated carbocycles. The highest BCUT2D eigenvalue weighted by atomic mass is 16.3. The minimum atomic E-state index is -0.103. The summed E-state index contributed by atoms with van der Waals surface area (Å²) in [4.78, 5) is 22.6. The minimum Gasteiger partial charge on any atom is -0.396 e. The second kappa shape index (κ2) is 4.93. The van der Waals surface area contributed by atoms with Crippen LogP contribution in [0.15, 0.2) is 30.5 Å². The van der Waals surface area contributed by atoms with Gasteiger partial charge in [-0.1, -0.05) is 12.1 Å². The lowest BCUT2D eigenvalue weighted by atomic mass is 10.1. The molecule has 1 fully saturated rings. The molecule has 3 rings (SSSR count). The summed E-state index contributed by atoms with van der Waals surface area (Å²) >= 11 is 0. The largest absolute Gasteiger partial charge is 0.396 e. The molecule has 0 aliphatic carbocycles. The number of carbonyl (C=O) groups is 1. The number of amides is 1. The lowest BCUT2D eigenvalue weighted by Crippen LogP contribution is -2.30. The maximum Gasteiger partial charge on any atom is 0.274 e. The Kier molecular flexibility index (Phi) is 3.13. The molecule has 0 bridgehead atoms. The number of para-hydroxylation sites is 2. The SMILES string of the molecule is O=C(c1cnc2ccccc2n1)N1CCC(CO)C1. The van der Waals surface area contributed by atoms with Gasteiger partial charge in [0.15, 0.2) is 0 Å². The zero-order chi connectivity index (χ0) is 13.2. The highest BCUT2D eigenvalue weighted by Crippen LogP contribution is 2.18. The normalized spacial score (nSPS) is 19.0. The molecule has 1 aliphatic rings. The number of hydrogen-bond acceptors (Lipinski definition) is 4. The van der Waals surface area contributed by atoms with E-state index >= 15 is 0 Å². The van der Waals surface area contributed by atoms with Gasteiger partial charge >= 0.3 is 0 Å². The Morgan fingerprint density at radius 1 is 1.37 bits per heavy atom. The molecule has 1 saturated heterocycles. The molecule has 0 spiro atoms. The highest BCUT2D eigenvalue weighted by molar-refractivity contribution is 5.93. The van der Waals surface area contributed by atoms with E-state index in [2.05, 4.69) is 9.97 Å². The van der Waals surface area contributed by atoms with Crippen molar-refractivity contribution in [2.45, 2.75) is 6.42 Å². The maximum atomic E-state index is 12.3. The summed E-state index contributed by atoms with van der Waals surface area (Å²) in [6.07, 6.45) is 2.38. The van der Waals surface area contributed by atoms with Crippen molar-refractivity contribution in [2.24, 2.45) is 5.92 Å². The molecule has 5 heteroatoms. The molecular weight excluding hydrogens is 242 g/mol. The number of nitrogens with zero attached hydrogens (tertiary/aromatic N) is 3. The zero-order valence-corrected chi connectivity index (χ0v) is 10.5. The maximum absolute atomic E-state index is 12.3. The van der Waals surface area contributed by atoms with Crippen molar-refractivity contribution in [3.63, 3.8) is 0 Å². The third-order valence-corrected chi connectivity index (χ3v) is 3.50. The van der Waals surface area contributed by atoms with Gasteiger partial charge in [-0.25, -0.2) is 4.98 Å². The first-order valence-electron chi connectivity index (χ1n) is 6.40. The Morgan fingerprint density at radius 3 is 2.89 bits per heavy atom. The lowest BCUT2D eigenvalue weighted by Gasteiger charge is -2.15. The van der Waals surface area contributed by atoms with Crippen molar-refractivity contribution >= 4 is 16.9 Å². The lowest BCUT2D eigenvalue weighted by molar-refractivity contribution is 0.0776. The molecule has 1 aliphatic heterocycles. The first-order valence-corrected chi connectivity index (χ1v) is 6.40. The molecule has 1 amide bonds. The van der Waals surface area contributed by atoms with Gasteiger partial charge in [0.1, 0.15) is 5.69 Å². The summed E-state index contributed by atoms with van der Waals surface area (Å²) in [5.74, 6) is 0.0894. The van der Waals surface area contributed by atoms with Crippen LogP contribution < -0.4 is 0 Å². The van der Waals surface area contributed by atoms with Gasteiger partial charge in [0.05, 0.1) is 17.2 Å². The highest BCUT2D eigenvalue weighted by Gasteiger charge is 2.27. The minimum absolute atomic E-state index is 0.103. The Bertz CT molecular complexity index is 614.